The lowest BCUT2D eigenvalue weighted by Gasteiger charge is -2.35. The highest BCUT2D eigenvalue weighted by Crippen LogP contribution is 2.29. The molecule has 15 heavy (non-hydrogen) atoms. The lowest BCUT2D eigenvalue weighted by molar-refractivity contribution is -0.0631. The highest BCUT2D eigenvalue weighted by atomic mass is 35.5. The van der Waals surface area contributed by atoms with Crippen molar-refractivity contribution in [2.75, 3.05) is 12.5 Å². The Morgan fingerprint density at radius 2 is 2.47 bits per heavy atom. The third-order valence-corrected chi connectivity index (χ3v) is 3.45. The molecular formula is C10H16ClN3O. The minimum Gasteiger partial charge on any atom is -0.373 e. The second-order valence-electron chi connectivity index (χ2n) is 4.10. The highest BCUT2D eigenvalue weighted by Gasteiger charge is 2.34. The maximum atomic E-state index is 6.02. The van der Waals surface area contributed by atoms with Gasteiger partial charge in [0.05, 0.1) is 11.5 Å². The summed E-state index contributed by atoms with van der Waals surface area (Å²) in [4.78, 5) is 4.22. The van der Waals surface area contributed by atoms with Crippen LogP contribution in [0.25, 0.3) is 0 Å². The van der Waals surface area contributed by atoms with Gasteiger partial charge in [-0.05, 0) is 19.3 Å². The minimum atomic E-state index is -0.222. The molecule has 4 nitrogen and oxygen atoms in total. The fourth-order valence-electron chi connectivity index (χ4n) is 1.97. The van der Waals surface area contributed by atoms with Crippen molar-refractivity contribution in [1.82, 2.24) is 14.8 Å². The van der Waals surface area contributed by atoms with Crippen LogP contribution in [0.2, 0.25) is 0 Å². The van der Waals surface area contributed by atoms with Gasteiger partial charge in [0.2, 0.25) is 0 Å². The first-order valence-corrected chi connectivity index (χ1v) is 5.82. The van der Waals surface area contributed by atoms with Gasteiger partial charge in [0.1, 0.15) is 12.2 Å². The molecular weight excluding hydrogens is 214 g/mol. The number of aryl methyl sites for hydroxylation is 1. The Hall–Kier alpha value is -0.610. The van der Waals surface area contributed by atoms with E-state index in [1.54, 1.807) is 11.0 Å². The van der Waals surface area contributed by atoms with E-state index in [-0.39, 0.29) is 5.60 Å². The number of ether oxygens (including phenoxy) is 1. The summed E-state index contributed by atoms with van der Waals surface area (Å²) in [6.45, 7) is 0.810. The van der Waals surface area contributed by atoms with Crippen LogP contribution in [-0.2, 0) is 18.2 Å². The number of alkyl halides is 1. The van der Waals surface area contributed by atoms with Gasteiger partial charge in [0.25, 0.3) is 0 Å². The maximum Gasteiger partial charge on any atom is 0.138 e. The van der Waals surface area contributed by atoms with Gasteiger partial charge in [-0.15, -0.1) is 11.6 Å². The summed E-state index contributed by atoms with van der Waals surface area (Å²) in [6, 6.07) is 0. The molecule has 0 radical (unpaired) electrons. The fraction of sp³-hybridized carbons (Fsp3) is 0.800. The predicted molar refractivity (Wildman–Crippen MR) is 58.0 cm³/mol. The molecule has 0 saturated carbocycles. The van der Waals surface area contributed by atoms with Crippen LogP contribution in [-0.4, -0.2) is 32.9 Å². The monoisotopic (exact) mass is 229 g/mol. The van der Waals surface area contributed by atoms with E-state index in [0.717, 1.165) is 31.7 Å². The number of hydrogen-bond acceptors (Lipinski definition) is 3. The maximum absolute atomic E-state index is 6.02. The molecule has 1 saturated heterocycles. The Morgan fingerprint density at radius 3 is 3.00 bits per heavy atom. The van der Waals surface area contributed by atoms with Gasteiger partial charge in [-0.25, -0.2) is 4.98 Å². The summed E-state index contributed by atoms with van der Waals surface area (Å²) >= 11 is 6.02. The van der Waals surface area contributed by atoms with Gasteiger partial charge in [-0.2, -0.15) is 5.10 Å². The molecule has 1 unspecified atom stereocenters. The first-order valence-electron chi connectivity index (χ1n) is 5.29. The van der Waals surface area contributed by atoms with Crippen LogP contribution >= 0.6 is 11.6 Å². The Kier molecular flexibility index (Phi) is 3.26. The van der Waals surface area contributed by atoms with Gasteiger partial charge in [-0.1, -0.05) is 0 Å². The van der Waals surface area contributed by atoms with Gasteiger partial charge >= 0.3 is 0 Å². The SMILES string of the molecule is Cn1ncnc1CC1(CCl)CCCCO1. The molecule has 84 valence electrons. The third kappa shape index (κ3) is 2.32. The normalized spacial score (nSPS) is 26.8. The van der Waals surface area contributed by atoms with E-state index in [0.29, 0.717) is 5.88 Å². The number of nitrogens with zero attached hydrogens (tertiary/aromatic N) is 3. The largest absolute Gasteiger partial charge is 0.373 e. The molecule has 1 aromatic heterocycles. The predicted octanol–water partition coefficient (Wildman–Crippen LogP) is 1.54. The van der Waals surface area contributed by atoms with Crippen molar-refractivity contribution in [3.63, 3.8) is 0 Å². The number of aromatic nitrogens is 3. The fourth-order valence-corrected chi connectivity index (χ4v) is 2.28. The van der Waals surface area contributed by atoms with Crippen LogP contribution in [0.4, 0.5) is 0 Å². The van der Waals surface area contributed by atoms with Crippen LogP contribution in [0.5, 0.6) is 0 Å². The second kappa shape index (κ2) is 4.49. The average Bonchev–Trinajstić information content (AvgIpc) is 2.66. The van der Waals surface area contributed by atoms with Crippen molar-refractivity contribution in [3.05, 3.63) is 12.2 Å². The Morgan fingerprint density at radius 1 is 1.60 bits per heavy atom. The quantitative estimate of drug-likeness (QED) is 0.739. The molecule has 0 aromatic carbocycles. The van der Waals surface area contributed by atoms with E-state index in [9.17, 15) is 0 Å². The van der Waals surface area contributed by atoms with Crippen LogP contribution in [0.1, 0.15) is 25.1 Å². The van der Waals surface area contributed by atoms with E-state index in [1.807, 2.05) is 7.05 Å². The molecule has 1 aliphatic heterocycles. The second-order valence-corrected chi connectivity index (χ2v) is 4.37. The summed E-state index contributed by atoms with van der Waals surface area (Å²) in [5.41, 5.74) is -0.222. The summed E-state index contributed by atoms with van der Waals surface area (Å²) in [6.07, 6.45) is 5.67. The molecule has 1 aromatic rings. The molecule has 1 aliphatic rings. The molecule has 5 heteroatoms. The Balaban J connectivity index is 2.10. The van der Waals surface area contributed by atoms with Gasteiger partial charge < -0.3 is 4.74 Å². The van der Waals surface area contributed by atoms with E-state index in [2.05, 4.69) is 10.1 Å². The number of halogens is 1. The van der Waals surface area contributed by atoms with Crippen molar-refractivity contribution in [3.8, 4) is 0 Å². The van der Waals surface area contributed by atoms with E-state index in [1.165, 1.54) is 6.42 Å². The van der Waals surface area contributed by atoms with Crippen molar-refractivity contribution < 1.29 is 4.74 Å². The molecule has 1 fully saturated rings. The van der Waals surface area contributed by atoms with Gasteiger partial charge in [-0.3, -0.25) is 4.68 Å². The van der Waals surface area contributed by atoms with Crippen LogP contribution in [0.3, 0.4) is 0 Å². The zero-order chi connectivity index (χ0) is 10.7. The topological polar surface area (TPSA) is 39.9 Å². The lowest BCUT2D eigenvalue weighted by Crippen LogP contribution is -2.41. The van der Waals surface area contributed by atoms with Crippen molar-refractivity contribution in [1.29, 1.82) is 0 Å². The van der Waals surface area contributed by atoms with Crippen LogP contribution < -0.4 is 0 Å². The lowest BCUT2D eigenvalue weighted by atomic mass is 9.92. The molecule has 0 aliphatic carbocycles. The summed E-state index contributed by atoms with van der Waals surface area (Å²) < 4.78 is 7.61. The van der Waals surface area contributed by atoms with Crippen molar-refractivity contribution in [2.24, 2.45) is 7.05 Å². The first-order chi connectivity index (χ1) is 7.26. The molecule has 0 spiro atoms. The summed E-state index contributed by atoms with van der Waals surface area (Å²) in [7, 11) is 1.90. The smallest absolute Gasteiger partial charge is 0.138 e. The zero-order valence-electron chi connectivity index (χ0n) is 8.95. The summed E-state index contributed by atoms with van der Waals surface area (Å²) in [5.74, 6) is 1.47. The van der Waals surface area contributed by atoms with E-state index >= 15 is 0 Å². The summed E-state index contributed by atoms with van der Waals surface area (Å²) in [5, 5.41) is 4.05. The van der Waals surface area contributed by atoms with Crippen molar-refractivity contribution in [2.45, 2.75) is 31.3 Å². The number of hydrogen-bond donors (Lipinski definition) is 0. The average molecular weight is 230 g/mol. The standard InChI is InChI=1S/C10H16ClN3O/c1-14-9(12-8-13-14)6-10(7-11)4-2-3-5-15-10/h8H,2-7H2,1H3. The molecule has 0 N–H and O–H groups in total. The molecule has 2 rings (SSSR count). The molecule has 0 bridgehead atoms. The Labute approximate surface area is 94.6 Å². The Bertz CT molecular complexity index is 320. The molecule has 1 atom stereocenters. The highest BCUT2D eigenvalue weighted by molar-refractivity contribution is 6.18. The van der Waals surface area contributed by atoms with Crippen LogP contribution in [0.15, 0.2) is 6.33 Å². The number of rotatable bonds is 3. The van der Waals surface area contributed by atoms with Crippen molar-refractivity contribution >= 4 is 11.6 Å². The third-order valence-electron chi connectivity index (χ3n) is 2.96. The zero-order valence-corrected chi connectivity index (χ0v) is 9.70. The van der Waals surface area contributed by atoms with E-state index in [4.69, 9.17) is 16.3 Å². The first kappa shape index (κ1) is 10.9. The van der Waals surface area contributed by atoms with Gasteiger partial charge in [0.15, 0.2) is 0 Å². The van der Waals surface area contributed by atoms with E-state index < -0.39 is 0 Å². The molecule has 0 amide bonds. The van der Waals surface area contributed by atoms with Gasteiger partial charge in [0, 0.05) is 20.1 Å². The minimum absolute atomic E-state index is 0.222. The van der Waals surface area contributed by atoms with Crippen LogP contribution in [0, 0.1) is 0 Å². The molecule has 2 heterocycles.